The monoisotopic (exact) mass is 505 g/mol. The topological polar surface area (TPSA) is 113 Å². The van der Waals surface area contributed by atoms with Crippen LogP contribution in [0.2, 0.25) is 0 Å². The number of amides is 1. The van der Waals surface area contributed by atoms with E-state index in [-0.39, 0.29) is 35.1 Å². The Kier molecular flexibility index (Phi) is 8.04. The van der Waals surface area contributed by atoms with Crippen LogP contribution in [-0.2, 0) is 4.79 Å². The number of nitrogens with one attached hydrogen (secondary N) is 4. The van der Waals surface area contributed by atoms with Gasteiger partial charge in [0.05, 0.1) is 18.0 Å². The third-order valence-electron chi connectivity index (χ3n) is 5.05. The highest BCUT2D eigenvalue weighted by atomic mass is 19.1. The third-order valence-corrected chi connectivity index (χ3v) is 5.05. The van der Waals surface area contributed by atoms with Gasteiger partial charge in [-0.05, 0) is 62.4 Å². The van der Waals surface area contributed by atoms with Gasteiger partial charge in [0.15, 0.2) is 0 Å². The van der Waals surface area contributed by atoms with Gasteiger partial charge in [-0.25, -0.2) is 8.78 Å². The standard InChI is InChI=1S/C26H25F2N7O2/c1-3-37-18-14-12-17(13-15-18)30-23(36)16(2)29-24-33-25(31-21-10-6-4-8-19(21)27)35-26(34-24)32-22-11-7-5-9-20(22)28/h4-16H,3H2,1-2H3,(H,30,36)(H3,29,31,32,33,34,35)/t16-/m1/s1. The Morgan fingerprint density at radius 1 is 0.811 bits per heavy atom. The maximum Gasteiger partial charge on any atom is 0.246 e. The van der Waals surface area contributed by atoms with E-state index >= 15 is 0 Å². The van der Waals surface area contributed by atoms with Crippen molar-refractivity contribution in [2.75, 3.05) is 27.9 Å². The molecule has 9 nitrogen and oxygen atoms in total. The zero-order chi connectivity index (χ0) is 26.2. The summed E-state index contributed by atoms with van der Waals surface area (Å²) in [5.41, 5.74) is 0.858. The molecule has 0 aliphatic rings. The molecule has 0 unspecified atom stereocenters. The molecule has 1 atom stereocenters. The van der Waals surface area contributed by atoms with E-state index in [1.54, 1.807) is 55.5 Å². The molecule has 0 aliphatic heterocycles. The second-order valence-electron chi connectivity index (χ2n) is 7.83. The molecule has 4 rings (SSSR count). The lowest BCUT2D eigenvalue weighted by Gasteiger charge is -2.16. The first-order valence-corrected chi connectivity index (χ1v) is 11.5. The van der Waals surface area contributed by atoms with Crippen LogP contribution in [0.4, 0.5) is 43.7 Å². The van der Waals surface area contributed by atoms with Crippen LogP contribution in [0, 0.1) is 11.6 Å². The van der Waals surface area contributed by atoms with Crippen LogP contribution in [0.3, 0.4) is 0 Å². The van der Waals surface area contributed by atoms with Gasteiger partial charge in [-0.3, -0.25) is 4.79 Å². The molecule has 190 valence electrons. The van der Waals surface area contributed by atoms with E-state index in [0.29, 0.717) is 18.0 Å². The van der Waals surface area contributed by atoms with Crippen LogP contribution >= 0.6 is 0 Å². The Morgan fingerprint density at radius 2 is 1.32 bits per heavy atom. The SMILES string of the molecule is CCOc1ccc(NC(=O)[C@@H](C)Nc2nc(Nc3ccccc3F)nc(Nc3ccccc3F)n2)cc1. The Balaban J connectivity index is 1.54. The maximum absolute atomic E-state index is 14.2. The van der Waals surface area contributed by atoms with Crippen LogP contribution in [0.5, 0.6) is 5.75 Å². The molecule has 0 spiro atoms. The summed E-state index contributed by atoms with van der Waals surface area (Å²) in [4.78, 5) is 25.5. The van der Waals surface area contributed by atoms with E-state index in [1.165, 1.54) is 24.3 Å². The molecule has 1 aromatic heterocycles. The first-order valence-electron chi connectivity index (χ1n) is 11.5. The summed E-state index contributed by atoms with van der Waals surface area (Å²) in [5.74, 6) is -0.685. The van der Waals surface area contributed by atoms with E-state index in [4.69, 9.17) is 4.74 Å². The lowest BCUT2D eigenvalue weighted by molar-refractivity contribution is -0.116. The lowest BCUT2D eigenvalue weighted by Crippen LogP contribution is -2.32. The molecule has 4 aromatic rings. The molecule has 0 aliphatic carbocycles. The van der Waals surface area contributed by atoms with Crippen molar-refractivity contribution >= 4 is 40.8 Å². The fraction of sp³-hybridized carbons (Fsp3) is 0.154. The molecular formula is C26H25F2N7O2. The molecule has 0 bridgehead atoms. The zero-order valence-electron chi connectivity index (χ0n) is 20.1. The number of nitrogens with zero attached hydrogens (tertiary/aromatic N) is 3. The van der Waals surface area contributed by atoms with Crippen LogP contribution in [-0.4, -0.2) is 33.5 Å². The fourth-order valence-corrected chi connectivity index (χ4v) is 3.23. The normalized spacial score (nSPS) is 11.4. The van der Waals surface area contributed by atoms with Crippen LogP contribution in [0.15, 0.2) is 72.8 Å². The molecule has 3 aromatic carbocycles. The van der Waals surface area contributed by atoms with Crippen molar-refractivity contribution in [2.24, 2.45) is 0 Å². The van der Waals surface area contributed by atoms with Gasteiger partial charge in [0.25, 0.3) is 0 Å². The Bertz CT molecular complexity index is 1300. The number of carbonyl (C=O) groups is 1. The van der Waals surface area contributed by atoms with Gasteiger partial charge in [0.2, 0.25) is 23.8 Å². The number of halogens is 2. The van der Waals surface area contributed by atoms with Crippen molar-refractivity contribution in [3.05, 3.63) is 84.4 Å². The number of rotatable bonds is 10. The van der Waals surface area contributed by atoms with Crippen molar-refractivity contribution in [2.45, 2.75) is 19.9 Å². The number of benzene rings is 3. The van der Waals surface area contributed by atoms with Crippen LogP contribution in [0.25, 0.3) is 0 Å². The number of hydrogen-bond donors (Lipinski definition) is 4. The van der Waals surface area contributed by atoms with Gasteiger partial charge in [0, 0.05) is 5.69 Å². The molecule has 11 heteroatoms. The first-order chi connectivity index (χ1) is 17.9. The highest BCUT2D eigenvalue weighted by Gasteiger charge is 2.17. The van der Waals surface area contributed by atoms with E-state index in [2.05, 4.69) is 36.2 Å². The van der Waals surface area contributed by atoms with E-state index in [1.807, 2.05) is 6.92 Å². The molecule has 0 saturated heterocycles. The highest BCUT2D eigenvalue weighted by molar-refractivity contribution is 5.96. The molecule has 0 radical (unpaired) electrons. The quantitative estimate of drug-likeness (QED) is 0.224. The van der Waals surface area contributed by atoms with Crippen molar-refractivity contribution in [1.82, 2.24) is 15.0 Å². The minimum atomic E-state index is -0.767. The number of para-hydroxylation sites is 2. The summed E-state index contributed by atoms with van der Waals surface area (Å²) in [7, 11) is 0. The number of ether oxygens (including phenoxy) is 1. The summed E-state index contributed by atoms with van der Waals surface area (Å²) in [6.07, 6.45) is 0. The minimum absolute atomic E-state index is 0.0134. The summed E-state index contributed by atoms with van der Waals surface area (Å²) in [5, 5.41) is 11.3. The molecule has 4 N–H and O–H groups in total. The van der Waals surface area contributed by atoms with E-state index < -0.39 is 17.7 Å². The zero-order valence-corrected chi connectivity index (χ0v) is 20.1. The Hall–Kier alpha value is -4.80. The van der Waals surface area contributed by atoms with Crippen LogP contribution < -0.4 is 26.0 Å². The minimum Gasteiger partial charge on any atom is -0.494 e. The second-order valence-corrected chi connectivity index (χ2v) is 7.83. The number of carbonyl (C=O) groups excluding carboxylic acids is 1. The van der Waals surface area contributed by atoms with E-state index in [0.717, 1.165) is 0 Å². The number of anilines is 6. The summed E-state index contributed by atoms with van der Waals surface area (Å²) < 4.78 is 33.8. The second kappa shape index (κ2) is 11.8. The van der Waals surface area contributed by atoms with Gasteiger partial charge in [0.1, 0.15) is 23.4 Å². The lowest BCUT2D eigenvalue weighted by atomic mass is 10.2. The number of hydrogen-bond acceptors (Lipinski definition) is 8. The maximum atomic E-state index is 14.2. The first kappa shape index (κ1) is 25.3. The average Bonchev–Trinajstić information content (AvgIpc) is 2.88. The predicted molar refractivity (Wildman–Crippen MR) is 139 cm³/mol. The van der Waals surface area contributed by atoms with Gasteiger partial charge in [-0.2, -0.15) is 15.0 Å². The van der Waals surface area contributed by atoms with Crippen molar-refractivity contribution in [3.8, 4) is 5.75 Å². The van der Waals surface area contributed by atoms with E-state index in [9.17, 15) is 13.6 Å². The molecule has 1 amide bonds. The molecule has 0 saturated carbocycles. The Labute approximate surface area is 212 Å². The molecule has 1 heterocycles. The highest BCUT2D eigenvalue weighted by Crippen LogP contribution is 2.22. The van der Waals surface area contributed by atoms with Gasteiger partial charge < -0.3 is 26.0 Å². The smallest absolute Gasteiger partial charge is 0.246 e. The fourth-order valence-electron chi connectivity index (χ4n) is 3.23. The van der Waals surface area contributed by atoms with Gasteiger partial charge in [-0.1, -0.05) is 24.3 Å². The van der Waals surface area contributed by atoms with Crippen LogP contribution in [0.1, 0.15) is 13.8 Å². The van der Waals surface area contributed by atoms with Crippen molar-refractivity contribution < 1.29 is 18.3 Å². The van der Waals surface area contributed by atoms with Gasteiger partial charge >= 0.3 is 0 Å². The van der Waals surface area contributed by atoms with Gasteiger partial charge in [-0.15, -0.1) is 0 Å². The molecule has 37 heavy (non-hydrogen) atoms. The number of aromatic nitrogens is 3. The summed E-state index contributed by atoms with van der Waals surface area (Å²) in [6.45, 7) is 4.06. The summed E-state index contributed by atoms with van der Waals surface area (Å²) in [6, 6.07) is 18.2. The Morgan fingerprint density at radius 3 is 1.84 bits per heavy atom. The largest absolute Gasteiger partial charge is 0.494 e. The molecular weight excluding hydrogens is 480 g/mol. The van der Waals surface area contributed by atoms with Crippen molar-refractivity contribution in [1.29, 1.82) is 0 Å². The van der Waals surface area contributed by atoms with Crippen molar-refractivity contribution in [3.63, 3.8) is 0 Å². The third kappa shape index (κ3) is 6.88. The average molecular weight is 506 g/mol. The molecule has 0 fully saturated rings. The summed E-state index contributed by atoms with van der Waals surface area (Å²) >= 11 is 0. The predicted octanol–water partition coefficient (Wildman–Crippen LogP) is 5.47.